The van der Waals surface area contributed by atoms with Crippen molar-refractivity contribution in [2.75, 3.05) is 40.1 Å². The molecule has 0 radical (unpaired) electrons. The Kier molecular flexibility index (Phi) is 15.8. The van der Waals surface area contributed by atoms with Crippen LogP contribution in [0.5, 0.6) is 11.5 Å². The number of hydrogen-bond acceptors (Lipinski definition) is 10. The number of ether oxygens (including phenoxy) is 3. The van der Waals surface area contributed by atoms with E-state index < -0.39 is 32.7 Å². The largest absolute Gasteiger partial charge is 0.497 e. The average molecular weight is 780 g/mol. The molecule has 13 nitrogen and oxygen atoms in total. The second-order valence-corrected chi connectivity index (χ2v) is 17.2. The Morgan fingerprint density at radius 2 is 1.43 bits per heavy atom. The fourth-order valence-corrected chi connectivity index (χ4v) is 9.67. The van der Waals surface area contributed by atoms with Crippen LogP contribution in [0.3, 0.4) is 0 Å². The molecule has 15 heteroatoms. The van der Waals surface area contributed by atoms with Crippen molar-refractivity contribution in [3.8, 4) is 17.6 Å². The normalized spacial score (nSPS) is 13.5. The molecule has 0 aliphatic carbocycles. The summed E-state index contributed by atoms with van der Waals surface area (Å²) >= 11 is 0. The van der Waals surface area contributed by atoms with E-state index in [1.807, 2.05) is 107 Å². The number of nitrogens with one attached hydrogen (secondary N) is 2. The highest BCUT2D eigenvalue weighted by molar-refractivity contribution is 7.62. The first-order valence-electron chi connectivity index (χ1n) is 17.7. The molecule has 4 rings (SSSR count). The quantitative estimate of drug-likeness (QED) is 0.0513. The minimum atomic E-state index is -3.66. The molecule has 2 atom stereocenters. The summed E-state index contributed by atoms with van der Waals surface area (Å²) in [5, 5.41) is 12.4. The van der Waals surface area contributed by atoms with E-state index in [0.29, 0.717) is 17.1 Å². The van der Waals surface area contributed by atoms with Gasteiger partial charge in [-0.15, -0.1) is 0 Å². The molecule has 2 N–H and O–H groups in total. The molecule has 54 heavy (non-hydrogen) atoms. The zero-order valence-corrected chi connectivity index (χ0v) is 33.8. The van der Waals surface area contributed by atoms with Gasteiger partial charge in [0, 0.05) is 36.9 Å². The summed E-state index contributed by atoms with van der Waals surface area (Å²) in [5.74, 6) is 1.32. The number of aromatic nitrogens is 2. The summed E-state index contributed by atoms with van der Waals surface area (Å²) in [6.07, 6.45) is 1.06. The Morgan fingerprint density at radius 1 is 0.870 bits per heavy atom. The smallest absolute Gasteiger partial charge is 0.328 e. The van der Waals surface area contributed by atoms with Gasteiger partial charge in [-0.1, -0.05) is 54.6 Å². The molecule has 0 bridgehead atoms. The molecule has 0 aliphatic rings. The summed E-state index contributed by atoms with van der Waals surface area (Å²) in [5.41, 5.74) is 0.381. The van der Waals surface area contributed by atoms with Crippen molar-refractivity contribution in [2.24, 2.45) is 0 Å². The highest BCUT2D eigenvalue weighted by atomic mass is 31.2. The highest BCUT2D eigenvalue weighted by Crippen LogP contribution is 2.53. The van der Waals surface area contributed by atoms with Gasteiger partial charge < -0.3 is 27.8 Å². The Balaban J connectivity index is 1.79. The third-order valence-electron chi connectivity index (χ3n) is 8.64. The first kappa shape index (κ1) is 42.6. The number of benzene rings is 3. The van der Waals surface area contributed by atoms with Gasteiger partial charge in [-0.25, -0.2) is 9.46 Å². The maximum atomic E-state index is 15.3. The Bertz CT molecular complexity index is 1920. The summed E-state index contributed by atoms with van der Waals surface area (Å²) in [7, 11) is -2.20. The van der Waals surface area contributed by atoms with Crippen LogP contribution in [0.25, 0.3) is 0 Å². The highest BCUT2D eigenvalue weighted by Gasteiger charge is 2.41. The van der Waals surface area contributed by atoms with Gasteiger partial charge in [0.05, 0.1) is 33.3 Å². The number of H-pyrrole nitrogens is 1. The predicted molar refractivity (Wildman–Crippen MR) is 211 cm³/mol. The van der Waals surface area contributed by atoms with Crippen LogP contribution in [0.2, 0.25) is 0 Å². The van der Waals surface area contributed by atoms with E-state index in [2.05, 4.69) is 20.8 Å². The number of aryl methyl sites for hydroxylation is 1. The average Bonchev–Trinajstić information content (AvgIpc) is 3.16. The molecule has 3 aromatic carbocycles. The second-order valence-electron chi connectivity index (χ2n) is 13.1. The lowest BCUT2D eigenvalue weighted by Crippen LogP contribution is -2.36. The van der Waals surface area contributed by atoms with Gasteiger partial charge in [-0.3, -0.25) is 19.4 Å². The monoisotopic (exact) mass is 779 g/mol. The fourth-order valence-electron chi connectivity index (χ4n) is 6.02. The maximum absolute atomic E-state index is 15.3. The van der Waals surface area contributed by atoms with Crippen LogP contribution >= 0.6 is 15.8 Å². The lowest BCUT2D eigenvalue weighted by molar-refractivity contribution is 0.0407. The fraction of sp³-hybridized carbons (Fsp3) is 0.410. The molecule has 1 aromatic heterocycles. The number of hydrogen-bond donors (Lipinski definition) is 2. The molecule has 0 aliphatic heterocycles. The number of nitriles is 1. The molecular formula is C39H51N5O8P2. The molecule has 1 heterocycles. The van der Waals surface area contributed by atoms with Crippen molar-refractivity contribution in [1.82, 2.24) is 19.3 Å². The lowest BCUT2D eigenvalue weighted by Gasteiger charge is -2.38. The molecule has 2 unspecified atom stereocenters. The first-order valence-corrected chi connectivity index (χ1v) is 20.9. The van der Waals surface area contributed by atoms with Crippen molar-refractivity contribution < 1.29 is 27.8 Å². The van der Waals surface area contributed by atoms with Gasteiger partial charge in [0.2, 0.25) is 0 Å². The summed E-state index contributed by atoms with van der Waals surface area (Å²) in [4.78, 5) is 26.9. The Hall–Kier alpha value is -4.11. The van der Waals surface area contributed by atoms with E-state index >= 15 is 4.57 Å². The molecule has 0 saturated carbocycles. The van der Waals surface area contributed by atoms with E-state index in [4.69, 9.17) is 23.3 Å². The summed E-state index contributed by atoms with van der Waals surface area (Å²) in [6, 6.07) is 26.9. The third kappa shape index (κ3) is 10.8. The first-order chi connectivity index (χ1) is 25.9. The summed E-state index contributed by atoms with van der Waals surface area (Å²) < 4.78 is 49.3. The molecule has 0 fully saturated rings. The Morgan fingerprint density at radius 3 is 1.94 bits per heavy atom. The zero-order chi connectivity index (χ0) is 39.3. The van der Waals surface area contributed by atoms with Crippen LogP contribution in [0.4, 0.5) is 0 Å². The molecule has 4 aromatic rings. The number of nitrogens with zero attached hydrogens (tertiary/aromatic N) is 3. The van der Waals surface area contributed by atoms with Gasteiger partial charge in [0.25, 0.3) is 14.1 Å². The van der Waals surface area contributed by atoms with E-state index in [0.717, 1.165) is 16.7 Å². The van der Waals surface area contributed by atoms with Crippen LogP contribution in [-0.4, -0.2) is 66.4 Å². The standard InChI is InChI=1S/C39H51N5O8P2/c1-29(2)44(30(3)4)53(51-25-11-22-40)52-28-54(47,41-23-24-43-26-31(5)37(45)42-38(43)46)27-50-39(32-12-9-8-10-13-32,33-14-18-35(48-6)19-15-33)34-16-20-36(49-7)21-17-34/h8-10,12-21,26,29-30H,11,23-25,27-28H2,1-7H3,(H,41,47)(H,42,45,46). The van der Waals surface area contributed by atoms with E-state index in [9.17, 15) is 14.9 Å². The maximum Gasteiger partial charge on any atom is 0.328 e. The van der Waals surface area contributed by atoms with Gasteiger partial charge in [0.15, 0.2) is 7.29 Å². The molecule has 0 saturated heterocycles. The van der Waals surface area contributed by atoms with Crippen molar-refractivity contribution in [2.45, 2.75) is 65.3 Å². The molecular weight excluding hydrogens is 728 g/mol. The van der Waals surface area contributed by atoms with Gasteiger partial charge in [-0.2, -0.15) is 5.26 Å². The van der Waals surface area contributed by atoms with E-state index in [1.54, 1.807) is 21.1 Å². The zero-order valence-electron chi connectivity index (χ0n) is 32.0. The second kappa shape index (κ2) is 20.0. The molecule has 290 valence electrons. The number of rotatable bonds is 21. The molecule has 0 amide bonds. The third-order valence-corrected chi connectivity index (χ3v) is 12.8. The van der Waals surface area contributed by atoms with E-state index in [1.165, 1.54) is 10.8 Å². The van der Waals surface area contributed by atoms with Crippen molar-refractivity contribution in [3.05, 3.63) is 128 Å². The Labute approximate surface area is 318 Å². The predicted octanol–water partition coefficient (Wildman–Crippen LogP) is 6.95. The van der Waals surface area contributed by atoms with Crippen LogP contribution in [0.15, 0.2) is 94.6 Å². The topological polar surface area (TPSA) is 157 Å². The van der Waals surface area contributed by atoms with Gasteiger partial charge in [-0.05, 0) is 75.6 Å². The molecule has 0 spiro atoms. The summed E-state index contributed by atoms with van der Waals surface area (Å²) in [6.45, 7) is 10.0. The van der Waals surface area contributed by atoms with Crippen LogP contribution in [0, 0.1) is 18.3 Å². The van der Waals surface area contributed by atoms with Crippen molar-refractivity contribution in [1.29, 1.82) is 5.26 Å². The van der Waals surface area contributed by atoms with Crippen molar-refractivity contribution in [3.63, 3.8) is 0 Å². The number of aromatic amines is 1. The van der Waals surface area contributed by atoms with Crippen molar-refractivity contribution >= 4 is 15.8 Å². The minimum absolute atomic E-state index is 0.0213. The van der Waals surface area contributed by atoms with Gasteiger partial charge in [0.1, 0.15) is 29.8 Å². The van der Waals surface area contributed by atoms with Gasteiger partial charge >= 0.3 is 5.69 Å². The van der Waals surface area contributed by atoms with Crippen LogP contribution in [-0.2, 0) is 30.5 Å². The van der Waals surface area contributed by atoms with Crippen LogP contribution < -0.4 is 25.8 Å². The number of methoxy groups -OCH3 is 2. The van der Waals surface area contributed by atoms with E-state index in [-0.39, 0.29) is 50.9 Å². The lowest BCUT2D eigenvalue weighted by atomic mass is 9.80. The SMILES string of the molecule is COc1ccc(C(OCP(=O)(COP(OCCC#N)N(C(C)C)C(C)C)NCCn2cc(C)c(=O)[nH]c2=O)(c2ccccc2)c2ccc(OC)cc2)cc1. The minimum Gasteiger partial charge on any atom is -0.497 e. The van der Waals surface area contributed by atoms with Crippen LogP contribution in [0.1, 0.15) is 56.4 Å².